The number of hydrogen-bond donors (Lipinski definition) is 3. The average molecular weight is 449 g/mol. The fourth-order valence-electron chi connectivity index (χ4n) is 4.10. The van der Waals surface area contributed by atoms with E-state index >= 15 is 0 Å². The first-order valence-corrected chi connectivity index (χ1v) is 11.4. The molecule has 0 bridgehead atoms. The number of anilines is 4. The van der Waals surface area contributed by atoms with Crippen molar-refractivity contribution in [1.29, 1.82) is 0 Å². The lowest BCUT2D eigenvalue weighted by Crippen LogP contribution is -2.46. The molecule has 2 aromatic rings. The Morgan fingerprint density at radius 2 is 1.97 bits per heavy atom. The van der Waals surface area contributed by atoms with Crippen LogP contribution in [0.3, 0.4) is 0 Å². The van der Waals surface area contributed by atoms with Crippen molar-refractivity contribution in [2.75, 3.05) is 35.6 Å². The first-order chi connectivity index (χ1) is 15.3. The molecular weight excluding hydrogens is 417 g/mol. The molecule has 0 unspecified atom stereocenters. The van der Waals surface area contributed by atoms with Crippen molar-refractivity contribution in [1.82, 2.24) is 15.3 Å². The topological polar surface area (TPSA) is 79.1 Å². The van der Waals surface area contributed by atoms with Crippen LogP contribution in [0, 0.1) is 5.92 Å². The molecule has 1 saturated carbocycles. The molecule has 9 heteroatoms. The summed E-state index contributed by atoms with van der Waals surface area (Å²) in [5, 5.41) is 6.65. The lowest BCUT2D eigenvalue weighted by Gasteiger charge is -2.34. The molecule has 32 heavy (non-hydrogen) atoms. The Hall–Kier alpha value is -2.55. The van der Waals surface area contributed by atoms with Gasteiger partial charge in [-0.2, -0.15) is 18.2 Å². The molecule has 1 atom stereocenters. The van der Waals surface area contributed by atoms with Crippen molar-refractivity contribution in [3.05, 3.63) is 35.5 Å². The van der Waals surface area contributed by atoms with E-state index in [0.29, 0.717) is 12.0 Å². The van der Waals surface area contributed by atoms with E-state index in [-0.39, 0.29) is 11.4 Å². The maximum atomic E-state index is 13.2. The Morgan fingerprint density at radius 1 is 1.16 bits per heavy atom. The summed E-state index contributed by atoms with van der Waals surface area (Å²) in [6.07, 6.45) is 2.04. The molecule has 2 fully saturated rings. The molecular formula is C23H31F3N6. The van der Waals surface area contributed by atoms with Gasteiger partial charge in [-0.05, 0) is 62.8 Å². The van der Waals surface area contributed by atoms with Gasteiger partial charge in [-0.1, -0.05) is 13.3 Å². The minimum atomic E-state index is -4.52. The van der Waals surface area contributed by atoms with Crippen molar-refractivity contribution >= 4 is 23.1 Å². The van der Waals surface area contributed by atoms with Crippen LogP contribution >= 0.6 is 0 Å². The van der Waals surface area contributed by atoms with Gasteiger partial charge in [0.05, 0.1) is 5.56 Å². The standard InChI is InChI=1S/C23H31F3N6/c1-2-4-16-12-21(32-10-3-5-18(14-32)28-13-15-6-7-15)31-22(29-16)30-17-8-9-20(27)19(11-17)23(24,25)26/h8-9,11-12,15,18,28H,2-7,10,13-14,27H2,1H3,(H,29,30,31)/t18-/m1/s1. The van der Waals surface area contributed by atoms with Crippen molar-refractivity contribution in [3.63, 3.8) is 0 Å². The molecule has 1 aromatic carbocycles. The van der Waals surface area contributed by atoms with Crippen molar-refractivity contribution in [3.8, 4) is 0 Å². The summed E-state index contributed by atoms with van der Waals surface area (Å²) in [6, 6.07) is 6.20. The number of nitrogens with one attached hydrogen (secondary N) is 2. The van der Waals surface area contributed by atoms with Gasteiger partial charge < -0.3 is 21.3 Å². The van der Waals surface area contributed by atoms with E-state index in [0.717, 1.165) is 68.8 Å². The summed E-state index contributed by atoms with van der Waals surface area (Å²) in [7, 11) is 0. The van der Waals surface area contributed by atoms with E-state index in [1.54, 1.807) is 0 Å². The van der Waals surface area contributed by atoms with E-state index < -0.39 is 11.7 Å². The third-order valence-electron chi connectivity index (χ3n) is 6.02. The molecule has 6 nitrogen and oxygen atoms in total. The van der Waals surface area contributed by atoms with E-state index in [1.165, 1.54) is 25.0 Å². The number of benzene rings is 1. The second kappa shape index (κ2) is 9.52. The van der Waals surface area contributed by atoms with Crippen LogP contribution in [0.2, 0.25) is 0 Å². The van der Waals surface area contributed by atoms with Crippen molar-refractivity contribution in [2.45, 2.75) is 57.7 Å². The van der Waals surface area contributed by atoms with E-state index in [4.69, 9.17) is 5.73 Å². The smallest absolute Gasteiger partial charge is 0.398 e. The van der Waals surface area contributed by atoms with Gasteiger partial charge in [-0.25, -0.2) is 4.98 Å². The summed E-state index contributed by atoms with van der Waals surface area (Å²) in [4.78, 5) is 11.4. The van der Waals surface area contributed by atoms with E-state index in [9.17, 15) is 13.2 Å². The maximum Gasteiger partial charge on any atom is 0.418 e. The number of nitrogens with zero attached hydrogens (tertiary/aromatic N) is 3. The van der Waals surface area contributed by atoms with Gasteiger partial charge in [0.25, 0.3) is 0 Å². The van der Waals surface area contributed by atoms with Crippen LogP contribution in [-0.4, -0.2) is 35.6 Å². The van der Waals surface area contributed by atoms with Gasteiger partial charge in [0.2, 0.25) is 5.95 Å². The highest BCUT2D eigenvalue weighted by molar-refractivity contribution is 5.63. The molecule has 174 valence electrons. The number of rotatable bonds is 8. The lowest BCUT2D eigenvalue weighted by atomic mass is 10.1. The van der Waals surface area contributed by atoms with Crippen LogP contribution in [0.15, 0.2) is 24.3 Å². The summed E-state index contributed by atoms with van der Waals surface area (Å²) in [6.45, 7) is 4.93. The molecule has 1 aliphatic heterocycles. The zero-order valence-electron chi connectivity index (χ0n) is 18.4. The molecule has 0 amide bonds. The van der Waals surface area contributed by atoms with Gasteiger partial charge >= 0.3 is 6.18 Å². The number of alkyl halides is 3. The van der Waals surface area contributed by atoms with Crippen molar-refractivity contribution < 1.29 is 13.2 Å². The number of nitrogens with two attached hydrogens (primary N) is 1. The average Bonchev–Trinajstić information content (AvgIpc) is 3.58. The number of piperidine rings is 1. The lowest BCUT2D eigenvalue weighted by molar-refractivity contribution is -0.136. The van der Waals surface area contributed by atoms with Crippen LogP contribution in [0.5, 0.6) is 0 Å². The molecule has 1 aromatic heterocycles. The molecule has 1 aliphatic carbocycles. The molecule has 0 radical (unpaired) electrons. The Kier molecular flexibility index (Phi) is 6.74. The molecule has 2 heterocycles. The van der Waals surface area contributed by atoms with E-state index in [1.807, 2.05) is 6.07 Å². The van der Waals surface area contributed by atoms with Crippen LogP contribution in [0.1, 0.15) is 50.3 Å². The normalized spacial score (nSPS) is 19.2. The van der Waals surface area contributed by atoms with Crippen LogP contribution in [0.4, 0.5) is 36.3 Å². The summed E-state index contributed by atoms with van der Waals surface area (Å²) in [5.74, 6) is 1.95. The minimum absolute atomic E-state index is 0.258. The number of aryl methyl sites for hydroxylation is 1. The summed E-state index contributed by atoms with van der Waals surface area (Å²) >= 11 is 0. The van der Waals surface area contributed by atoms with Crippen LogP contribution in [-0.2, 0) is 12.6 Å². The zero-order valence-corrected chi connectivity index (χ0v) is 18.4. The van der Waals surface area contributed by atoms with Crippen molar-refractivity contribution in [2.24, 2.45) is 5.92 Å². The highest BCUT2D eigenvalue weighted by Crippen LogP contribution is 2.35. The van der Waals surface area contributed by atoms with Gasteiger partial charge in [0, 0.05) is 42.3 Å². The monoisotopic (exact) mass is 448 g/mol. The molecule has 4 rings (SSSR count). The highest BCUT2D eigenvalue weighted by atomic mass is 19.4. The van der Waals surface area contributed by atoms with Gasteiger partial charge in [-0.15, -0.1) is 0 Å². The number of nitrogen functional groups attached to an aromatic ring is 1. The molecule has 4 N–H and O–H groups in total. The Labute approximate surface area is 186 Å². The van der Waals surface area contributed by atoms with Crippen LogP contribution < -0.4 is 21.3 Å². The molecule has 1 saturated heterocycles. The zero-order chi connectivity index (χ0) is 22.7. The quantitative estimate of drug-likeness (QED) is 0.506. The largest absolute Gasteiger partial charge is 0.418 e. The van der Waals surface area contributed by atoms with Crippen LogP contribution in [0.25, 0.3) is 0 Å². The van der Waals surface area contributed by atoms with Gasteiger partial charge in [0.1, 0.15) is 5.82 Å². The second-order valence-corrected chi connectivity index (χ2v) is 8.85. The van der Waals surface area contributed by atoms with Gasteiger partial charge in [0.15, 0.2) is 0 Å². The fourth-order valence-corrected chi connectivity index (χ4v) is 4.10. The number of hydrogen-bond acceptors (Lipinski definition) is 6. The first kappa shape index (κ1) is 22.6. The molecule has 0 spiro atoms. The Morgan fingerprint density at radius 3 is 2.69 bits per heavy atom. The maximum absolute atomic E-state index is 13.2. The summed E-state index contributed by atoms with van der Waals surface area (Å²) in [5.41, 5.74) is 5.48. The predicted octanol–water partition coefficient (Wildman–Crippen LogP) is 4.74. The first-order valence-electron chi connectivity index (χ1n) is 11.4. The number of halogens is 3. The Bertz CT molecular complexity index is 928. The predicted molar refractivity (Wildman–Crippen MR) is 121 cm³/mol. The third kappa shape index (κ3) is 5.82. The van der Waals surface area contributed by atoms with Gasteiger partial charge in [-0.3, -0.25) is 0 Å². The molecule has 2 aliphatic rings. The SMILES string of the molecule is CCCc1cc(N2CCC[C@@H](NCC3CC3)C2)nc(Nc2ccc(N)c(C(F)(F)F)c2)n1. The third-order valence-corrected chi connectivity index (χ3v) is 6.02. The second-order valence-electron chi connectivity index (χ2n) is 8.85. The highest BCUT2D eigenvalue weighted by Gasteiger charge is 2.33. The summed E-state index contributed by atoms with van der Waals surface area (Å²) < 4.78 is 39.7. The Balaban J connectivity index is 1.54. The number of aromatic nitrogens is 2. The van der Waals surface area contributed by atoms with E-state index in [2.05, 4.69) is 32.4 Å². The minimum Gasteiger partial charge on any atom is -0.398 e. The fraction of sp³-hybridized carbons (Fsp3) is 0.565.